The minimum absolute atomic E-state index is 0.0427. The van der Waals surface area contributed by atoms with Crippen molar-refractivity contribution in [2.24, 2.45) is 0 Å². The molecule has 1 aromatic heterocycles. The summed E-state index contributed by atoms with van der Waals surface area (Å²) < 4.78 is 0. The minimum atomic E-state index is -0.213. The molecule has 2 bridgehead atoms. The molecule has 10 heteroatoms. The number of piperidine rings is 1. The average molecular weight is 648 g/mol. The van der Waals surface area contributed by atoms with E-state index in [1.165, 1.54) is 0 Å². The van der Waals surface area contributed by atoms with Gasteiger partial charge >= 0.3 is 0 Å². The van der Waals surface area contributed by atoms with Crippen LogP contribution in [0.4, 0.5) is 11.4 Å². The maximum absolute atomic E-state index is 10.1. The van der Waals surface area contributed by atoms with Crippen molar-refractivity contribution in [3.63, 3.8) is 0 Å². The van der Waals surface area contributed by atoms with Gasteiger partial charge in [-0.3, -0.25) is 19.9 Å². The number of fused-ring (bicyclic) bond motifs is 1. The van der Waals surface area contributed by atoms with Gasteiger partial charge in [0.1, 0.15) is 12.1 Å². The van der Waals surface area contributed by atoms with Gasteiger partial charge in [-0.05, 0) is 63.3 Å². The lowest BCUT2D eigenvalue weighted by Crippen LogP contribution is -2.52. The van der Waals surface area contributed by atoms with E-state index in [1.807, 2.05) is 18.2 Å². The lowest BCUT2D eigenvalue weighted by molar-refractivity contribution is 0.0570. The molecule has 242 valence electrons. The zero-order chi connectivity index (χ0) is 32.5. The highest BCUT2D eigenvalue weighted by Gasteiger charge is 2.34. The molecule has 3 aliphatic heterocycles. The molecule has 0 radical (unpaired) electrons. The van der Waals surface area contributed by atoms with Gasteiger partial charge in [0.2, 0.25) is 0 Å². The van der Waals surface area contributed by atoms with E-state index >= 15 is 0 Å². The molecule has 3 aliphatic rings. The Balaban J connectivity index is 1.30. The molecule has 47 heavy (non-hydrogen) atoms. The Kier molecular flexibility index (Phi) is 8.69. The van der Waals surface area contributed by atoms with E-state index in [9.17, 15) is 5.26 Å². The van der Waals surface area contributed by atoms with Crippen LogP contribution in [0.2, 0.25) is 5.02 Å². The lowest BCUT2D eigenvalue weighted by atomic mass is 9.97. The van der Waals surface area contributed by atoms with Crippen molar-refractivity contribution < 1.29 is 0 Å². The molecule has 9 nitrogen and oxygen atoms in total. The van der Waals surface area contributed by atoms with E-state index in [1.54, 1.807) is 6.20 Å². The summed E-state index contributed by atoms with van der Waals surface area (Å²) in [6.07, 6.45) is 6.79. The van der Waals surface area contributed by atoms with Crippen LogP contribution in [0.5, 0.6) is 0 Å². The van der Waals surface area contributed by atoms with Gasteiger partial charge in [-0.2, -0.15) is 5.26 Å². The van der Waals surface area contributed by atoms with Crippen molar-refractivity contribution in [1.82, 2.24) is 31.3 Å². The van der Waals surface area contributed by atoms with Gasteiger partial charge in [-0.25, -0.2) is 5.43 Å². The number of pyridine rings is 1. The Morgan fingerprint density at radius 1 is 0.979 bits per heavy atom. The zero-order valence-electron chi connectivity index (χ0n) is 27.2. The highest BCUT2D eigenvalue weighted by Crippen LogP contribution is 2.40. The molecule has 4 heterocycles. The molecule has 1 unspecified atom stereocenters. The second-order valence-electron chi connectivity index (χ2n) is 13.6. The molecule has 4 N–H and O–H groups in total. The second-order valence-corrected chi connectivity index (χ2v) is 14.0. The first-order valence-electron chi connectivity index (χ1n) is 16.5. The van der Waals surface area contributed by atoms with Crippen molar-refractivity contribution in [2.75, 3.05) is 30.0 Å². The summed E-state index contributed by atoms with van der Waals surface area (Å²) in [6, 6.07) is 27.5. The molecule has 0 aliphatic carbocycles. The fraction of sp³-hybridized carbons (Fsp3) is 0.351. The Hall–Kier alpha value is -4.33. The summed E-state index contributed by atoms with van der Waals surface area (Å²) in [5.74, 6) is 0. The van der Waals surface area contributed by atoms with Crippen LogP contribution in [0.3, 0.4) is 0 Å². The number of hydrogen-bond acceptors (Lipinski definition) is 9. The number of rotatable bonds is 5. The SMILES string of the molecule is CC(C)(C)N1CCC(N2C=C([C@H](c3ccccc3)N3NCCC(c4ccccc4)Nc4c(C#N)cnc5c(Cl)cc3cc45)NN2)CC1. The number of nitriles is 1. The maximum Gasteiger partial charge on any atom is 0.113 e. The number of benzene rings is 3. The molecule has 4 aromatic rings. The van der Waals surface area contributed by atoms with Crippen LogP contribution in [0.1, 0.15) is 68.8 Å². The fourth-order valence-electron chi connectivity index (χ4n) is 7.06. The number of anilines is 2. The van der Waals surface area contributed by atoms with Crippen molar-refractivity contribution in [3.05, 3.63) is 113 Å². The summed E-state index contributed by atoms with van der Waals surface area (Å²) in [7, 11) is 0. The van der Waals surface area contributed by atoms with Crippen LogP contribution in [0, 0.1) is 11.3 Å². The molecule has 7 rings (SSSR count). The van der Waals surface area contributed by atoms with Crippen LogP contribution < -0.4 is 26.7 Å². The van der Waals surface area contributed by atoms with E-state index in [-0.39, 0.29) is 17.6 Å². The highest BCUT2D eigenvalue weighted by atomic mass is 35.5. The number of aromatic nitrogens is 1. The smallest absolute Gasteiger partial charge is 0.113 e. The predicted octanol–water partition coefficient (Wildman–Crippen LogP) is 6.80. The third kappa shape index (κ3) is 6.34. The number of hydrazine groups is 3. The first-order valence-corrected chi connectivity index (χ1v) is 16.9. The van der Waals surface area contributed by atoms with Crippen LogP contribution in [0.15, 0.2) is 90.9 Å². The molecular weight excluding hydrogens is 606 g/mol. The maximum atomic E-state index is 10.1. The predicted molar refractivity (Wildman–Crippen MR) is 189 cm³/mol. The lowest BCUT2D eigenvalue weighted by Gasteiger charge is -2.42. The largest absolute Gasteiger partial charge is 0.377 e. The Labute approximate surface area is 282 Å². The molecular formula is C37H42ClN9. The number of halogens is 1. The van der Waals surface area contributed by atoms with Crippen LogP contribution in [-0.2, 0) is 0 Å². The van der Waals surface area contributed by atoms with Crippen LogP contribution in [-0.4, -0.2) is 46.1 Å². The Morgan fingerprint density at radius 2 is 1.70 bits per heavy atom. The monoisotopic (exact) mass is 647 g/mol. The molecule has 0 spiro atoms. The zero-order valence-corrected chi connectivity index (χ0v) is 27.9. The van der Waals surface area contributed by atoms with E-state index in [0.29, 0.717) is 28.7 Å². The number of nitrogens with one attached hydrogen (secondary N) is 4. The minimum Gasteiger partial charge on any atom is -0.377 e. The quantitative estimate of drug-likeness (QED) is 0.187. The van der Waals surface area contributed by atoms with Crippen molar-refractivity contribution in [1.29, 1.82) is 5.26 Å². The van der Waals surface area contributed by atoms with Gasteiger partial charge in [0.25, 0.3) is 0 Å². The molecule has 1 fully saturated rings. The van der Waals surface area contributed by atoms with Gasteiger partial charge in [0, 0.05) is 49.0 Å². The van der Waals surface area contributed by atoms with Crippen molar-refractivity contribution >= 4 is 33.9 Å². The van der Waals surface area contributed by atoms with Gasteiger partial charge in [0.15, 0.2) is 0 Å². The molecule has 0 saturated carbocycles. The highest BCUT2D eigenvalue weighted by molar-refractivity contribution is 6.35. The summed E-state index contributed by atoms with van der Waals surface area (Å²) in [6.45, 7) is 9.69. The Morgan fingerprint density at radius 3 is 2.40 bits per heavy atom. The topological polar surface area (TPSA) is 94.5 Å². The van der Waals surface area contributed by atoms with Crippen LogP contribution >= 0.6 is 11.6 Å². The van der Waals surface area contributed by atoms with E-state index in [0.717, 1.165) is 65.9 Å². The van der Waals surface area contributed by atoms with Crippen molar-refractivity contribution in [2.45, 2.75) is 63.7 Å². The van der Waals surface area contributed by atoms with Gasteiger partial charge in [-0.15, -0.1) is 5.53 Å². The second kappa shape index (κ2) is 13.1. The molecule has 2 atom stereocenters. The third-order valence-corrected chi connectivity index (χ3v) is 9.91. The third-order valence-electron chi connectivity index (χ3n) is 9.63. The fourth-order valence-corrected chi connectivity index (χ4v) is 7.33. The summed E-state index contributed by atoms with van der Waals surface area (Å²) in [4.78, 5) is 7.19. The van der Waals surface area contributed by atoms with E-state index in [2.05, 4.69) is 129 Å². The average Bonchev–Trinajstić information content (AvgIpc) is 3.57. The van der Waals surface area contributed by atoms with Crippen molar-refractivity contribution in [3.8, 4) is 6.07 Å². The van der Waals surface area contributed by atoms with E-state index < -0.39 is 0 Å². The summed E-state index contributed by atoms with van der Waals surface area (Å²) >= 11 is 7.00. The number of hydrogen-bond donors (Lipinski definition) is 4. The summed E-state index contributed by atoms with van der Waals surface area (Å²) in [5.41, 5.74) is 17.1. The molecule has 3 aromatic carbocycles. The van der Waals surface area contributed by atoms with Crippen LogP contribution in [0.25, 0.3) is 10.9 Å². The first-order chi connectivity index (χ1) is 22.8. The standard InChI is InChI=1S/C37H42ClN9/c1-37(2,3)45-18-15-28(16-19-45)46-24-33(43-44-46)36(26-12-8-5-9-13-26)47-29-20-30-34(27(22-39)23-40-35(30)31(38)21-29)42-32(14-17-41-47)25-10-6-4-7-11-25/h4-13,20-21,23-24,28,32,36,41-44H,14-19H2,1-3H3/t32?,36-/m0/s1. The Bertz CT molecular complexity index is 1790. The normalized spacial score (nSPS) is 20.0. The van der Waals surface area contributed by atoms with Gasteiger partial charge in [-0.1, -0.05) is 72.3 Å². The summed E-state index contributed by atoms with van der Waals surface area (Å²) in [5, 5.41) is 19.7. The number of nitrogens with zero attached hydrogens (tertiary/aromatic N) is 5. The van der Waals surface area contributed by atoms with E-state index in [4.69, 9.17) is 11.6 Å². The molecule has 1 saturated heterocycles. The first kappa shape index (κ1) is 31.3. The van der Waals surface area contributed by atoms with Gasteiger partial charge in [0.05, 0.1) is 39.2 Å². The number of likely N-dealkylation sites (tertiary alicyclic amines) is 1. The molecule has 0 amide bonds. The van der Waals surface area contributed by atoms with Gasteiger partial charge < -0.3 is 10.7 Å².